The van der Waals surface area contributed by atoms with E-state index >= 15 is 0 Å². The SMILES string of the molecule is C[Si](C)(F)O[Si](C)(C)O[Si](C)(C)O[Si](C)(C)F. The van der Waals surface area contributed by atoms with Gasteiger partial charge in [-0.15, -0.1) is 0 Å². The molecule has 9 heteroatoms. The van der Waals surface area contributed by atoms with Crippen molar-refractivity contribution in [1.29, 1.82) is 0 Å². The predicted octanol–water partition coefficient (Wildman–Crippen LogP) is 3.78. The second-order valence-corrected chi connectivity index (χ2v) is 19.3. The average Bonchev–Trinajstić information content (AvgIpc) is 1.65. The molecule has 0 radical (unpaired) electrons. The topological polar surface area (TPSA) is 27.7 Å². The summed E-state index contributed by atoms with van der Waals surface area (Å²) < 4.78 is 43.8. The molecule has 0 aliphatic heterocycles. The molecule has 0 saturated heterocycles. The molecule has 0 bridgehead atoms. The zero-order valence-electron chi connectivity index (χ0n) is 12.0. The van der Waals surface area contributed by atoms with E-state index in [1.54, 1.807) is 26.2 Å². The Balaban J connectivity index is 4.59. The first kappa shape index (κ1) is 17.6. The van der Waals surface area contributed by atoms with Gasteiger partial charge in [-0.2, -0.15) is 0 Å². The van der Waals surface area contributed by atoms with Gasteiger partial charge in [-0.05, 0) is 52.4 Å². The van der Waals surface area contributed by atoms with E-state index < -0.39 is 34.4 Å². The first-order valence-electron chi connectivity index (χ1n) is 5.60. The van der Waals surface area contributed by atoms with Gasteiger partial charge < -0.3 is 12.3 Å². The molecule has 0 rings (SSSR count). The molecule has 3 nitrogen and oxygen atoms in total. The van der Waals surface area contributed by atoms with Crippen molar-refractivity contribution >= 4 is 34.4 Å². The largest absolute Gasteiger partial charge is 0.416 e. The summed E-state index contributed by atoms with van der Waals surface area (Å²) in [5, 5.41) is 0. The zero-order valence-corrected chi connectivity index (χ0v) is 16.0. The molecule has 0 fully saturated rings. The van der Waals surface area contributed by atoms with Crippen molar-refractivity contribution in [2.45, 2.75) is 52.4 Å². The van der Waals surface area contributed by atoms with Gasteiger partial charge in [0, 0.05) is 0 Å². The van der Waals surface area contributed by atoms with Crippen LogP contribution >= 0.6 is 0 Å². The lowest BCUT2D eigenvalue weighted by Crippen LogP contribution is -2.55. The van der Waals surface area contributed by atoms with Gasteiger partial charge in [0.1, 0.15) is 0 Å². The molecule has 0 N–H and O–H groups in total. The summed E-state index contributed by atoms with van der Waals surface area (Å²) in [5.41, 5.74) is 0. The van der Waals surface area contributed by atoms with E-state index in [0.717, 1.165) is 0 Å². The number of hydrogen-bond donors (Lipinski definition) is 0. The van der Waals surface area contributed by atoms with E-state index in [4.69, 9.17) is 12.3 Å². The fourth-order valence-corrected chi connectivity index (χ4v) is 17.0. The maximum absolute atomic E-state index is 13.6. The minimum atomic E-state index is -3.13. The third-order valence-corrected chi connectivity index (χ3v) is 13.2. The molecule has 0 unspecified atom stereocenters. The quantitative estimate of drug-likeness (QED) is 0.551. The summed E-state index contributed by atoms with van der Waals surface area (Å²) in [6.45, 7) is 12.9. The van der Waals surface area contributed by atoms with Crippen LogP contribution in [0.4, 0.5) is 8.22 Å². The molecule has 0 atom stereocenters. The highest BCUT2D eigenvalue weighted by molar-refractivity contribution is 6.87. The van der Waals surface area contributed by atoms with Crippen molar-refractivity contribution in [2.75, 3.05) is 0 Å². The highest BCUT2D eigenvalue weighted by atomic mass is 28.5. The normalized spacial score (nSPS) is 15.2. The van der Waals surface area contributed by atoms with Crippen LogP contribution in [-0.2, 0) is 12.3 Å². The summed E-state index contributed by atoms with van der Waals surface area (Å²) in [5.74, 6) is 0. The van der Waals surface area contributed by atoms with Gasteiger partial charge in [0.25, 0.3) is 0 Å². The van der Waals surface area contributed by atoms with Crippen LogP contribution in [0.25, 0.3) is 0 Å². The Morgan fingerprint density at radius 2 is 0.765 bits per heavy atom. The molecular formula is C8H24F2O3Si4. The van der Waals surface area contributed by atoms with Crippen molar-refractivity contribution in [1.82, 2.24) is 0 Å². The number of halogens is 2. The van der Waals surface area contributed by atoms with Crippen molar-refractivity contribution in [3.8, 4) is 0 Å². The summed E-state index contributed by atoms with van der Waals surface area (Å²) in [6.07, 6.45) is 0. The van der Waals surface area contributed by atoms with Gasteiger partial charge >= 0.3 is 34.4 Å². The molecule has 0 aliphatic rings. The fourth-order valence-electron chi connectivity index (χ4n) is 1.80. The van der Waals surface area contributed by atoms with E-state index in [-0.39, 0.29) is 0 Å². The van der Waals surface area contributed by atoms with Crippen LogP contribution in [0.15, 0.2) is 0 Å². The van der Waals surface area contributed by atoms with Crippen molar-refractivity contribution in [3.05, 3.63) is 0 Å². The third-order valence-electron chi connectivity index (χ3n) is 1.47. The van der Waals surface area contributed by atoms with Crippen LogP contribution in [-0.4, -0.2) is 34.4 Å². The highest BCUT2D eigenvalue weighted by Gasteiger charge is 2.44. The lowest BCUT2D eigenvalue weighted by Gasteiger charge is -2.36. The van der Waals surface area contributed by atoms with Gasteiger partial charge in [-0.1, -0.05) is 0 Å². The number of hydrogen-bond acceptors (Lipinski definition) is 3. The second-order valence-electron chi connectivity index (χ2n) is 5.83. The van der Waals surface area contributed by atoms with Gasteiger partial charge in [-0.25, -0.2) is 0 Å². The van der Waals surface area contributed by atoms with Gasteiger partial charge in [-0.3, -0.25) is 8.22 Å². The summed E-state index contributed by atoms with van der Waals surface area (Å²) in [6, 6.07) is 0. The lowest BCUT2D eigenvalue weighted by molar-refractivity contribution is 0.306. The first-order chi connectivity index (χ1) is 7.12. The van der Waals surface area contributed by atoms with Gasteiger partial charge in [0.05, 0.1) is 0 Å². The Labute approximate surface area is 108 Å². The Kier molecular flexibility index (Phi) is 5.50. The summed E-state index contributed by atoms with van der Waals surface area (Å²) in [7, 11) is -11.4. The monoisotopic (exact) mass is 318 g/mol. The standard InChI is InChI=1S/C8H24F2O3Si4/c1-14(2,9)11-16(5,6)13-17(7,8)12-15(3,4)10/h1-8H3. The van der Waals surface area contributed by atoms with Crippen LogP contribution in [0, 0.1) is 0 Å². The molecule has 0 aliphatic carbocycles. The maximum Gasteiger partial charge on any atom is 0.369 e. The molecule has 0 aromatic rings. The van der Waals surface area contributed by atoms with Crippen molar-refractivity contribution in [3.63, 3.8) is 0 Å². The zero-order chi connectivity index (χ0) is 14.1. The minimum absolute atomic E-state index is 1.47. The average molecular weight is 319 g/mol. The molecule has 0 amide bonds. The molecule has 0 heterocycles. The summed E-state index contributed by atoms with van der Waals surface area (Å²) >= 11 is 0. The molecule has 0 aromatic carbocycles. The van der Waals surface area contributed by atoms with Crippen LogP contribution < -0.4 is 0 Å². The van der Waals surface area contributed by atoms with Crippen molar-refractivity contribution in [2.24, 2.45) is 0 Å². The molecule has 17 heavy (non-hydrogen) atoms. The Morgan fingerprint density at radius 3 is 0.941 bits per heavy atom. The number of rotatable bonds is 6. The van der Waals surface area contributed by atoms with E-state index in [1.807, 2.05) is 0 Å². The first-order valence-corrected chi connectivity index (χ1v) is 16.8. The molecule has 0 aromatic heterocycles. The van der Waals surface area contributed by atoms with E-state index in [0.29, 0.717) is 0 Å². The smallest absolute Gasteiger partial charge is 0.369 e. The van der Waals surface area contributed by atoms with Crippen molar-refractivity contribution < 1.29 is 20.6 Å². The van der Waals surface area contributed by atoms with E-state index in [1.165, 1.54) is 26.2 Å². The molecule has 0 spiro atoms. The second kappa shape index (κ2) is 5.31. The predicted molar refractivity (Wildman–Crippen MR) is 75.4 cm³/mol. The third kappa shape index (κ3) is 10.2. The van der Waals surface area contributed by atoms with Crippen LogP contribution in [0.2, 0.25) is 52.4 Å². The lowest BCUT2D eigenvalue weighted by atomic mass is 11.9. The summed E-state index contributed by atoms with van der Waals surface area (Å²) in [4.78, 5) is 0. The minimum Gasteiger partial charge on any atom is -0.416 e. The van der Waals surface area contributed by atoms with Crippen LogP contribution in [0.5, 0.6) is 0 Å². The highest BCUT2D eigenvalue weighted by Crippen LogP contribution is 2.24. The van der Waals surface area contributed by atoms with Gasteiger partial charge in [0.15, 0.2) is 0 Å². The Bertz CT molecular complexity index is 234. The van der Waals surface area contributed by atoms with Crippen LogP contribution in [0.3, 0.4) is 0 Å². The van der Waals surface area contributed by atoms with E-state index in [2.05, 4.69) is 0 Å². The van der Waals surface area contributed by atoms with Gasteiger partial charge in [0.2, 0.25) is 0 Å². The maximum atomic E-state index is 13.6. The van der Waals surface area contributed by atoms with Crippen LogP contribution in [0.1, 0.15) is 0 Å². The molecular weight excluding hydrogens is 294 g/mol. The molecule has 0 saturated carbocycles. The Hall–Kier alpha value is 0.608. The Morgan fingerprint density at radius 1 is 0.529 bits per heavy atom. The fraction of sp³-hybridized carbons (Fsp3) is 1.00. The van der Waals surface area contributed by atoms with E-state index in [9.17, 15) is 8.22 Å². The molecule has 104 valence electrons.